The first kappa shape index (κ1) is 20.5. The first-order valence-corrected chi connectivity index (χ1v) is 11.0. The van der Waals surface area contributed by atoms with E-state index in [9.17, 15) is 4.39 Å². The molecule has 10 heteroatoms. The fraction of sp³-hybridized carbons (Fsp3) is 0.381. The summed E-state index contributed by atoms with van der Waals surface area (Å²) in [6.07, 6.45) is 5.84. The monoisotopic (exact) mass is 458 g/mol. The Balaban J connectivity index is 1.53. The van der Waals surface area contributed by atoms with Crippen LogP contribution in [0.2, 0.25) is 5.02 Å². The van der Waals surface area contributed by atoms with Gasteiger partial charge in [0, 0.05) is 37.4 Å². The average molecular weight is 459 g/mol. The fourth-order valence-electron chi connectivity index (χ4n) is 4.57. The molecule has 0 amide bonds. The van der Waals surface area contributed by atoms with E-state index in [0.29, 0.717) is 45.5 Å². The second-order valence-electron chi connectivity index (χ2n) is 8.15. The van der Waals surface area contributed by atoms with Crippen molar-refractivity contribution in [3.63, 3.8) is 0 Å². The van der Waals surface area contributed by atoms with Crippen LogP contribution in [0.1, 0.15) is 30.2 Å². The highest BCUT2D eigenvalue weighted by Crippen LogP contribution is 2.65. The Morgan fingerprint density at radius 1 is 1.26 bits per heavy atom. The maximum atomic E-state index is 15.0. The lowest BCUT2D eigenvalue weighted by Gasteiger charge is -2.34. The Morgan fingerprint density at radius 3 is 2.90 bits per heavy atom. The molecule has 0 radical (unpaired) electrons. The van der Waals surface area contributed by atoms with E-state index in [1.165, 1.54) is 24.3 Å². The molecule has 7 nitrogen and oxygen atoms in total. The quantitative estimate of drug-likeness (QED) is 0.584. The lowest BCUT2D eigenvalue weighted by atomic mass is 9.86. The molecule has 0 bridgehead atoms. The van der Waals surface area contributed by atoms with Crippen LogP contribution in [0, 0.1) is 11.9 Å². The molecular formula is C21H20ClFN6OS. The molecule has 2 N–H and O–H groups in total. The van der Waals surface area contributed by atoms with E-state index in [-0.39, 0.29) is 10.7 Å². The summed E-state index contributed by atoms with van der Waals surface area (Å²) in [5.41, 5.74) is 8.61. The van der Waals surface area contributed by atoms with Crippen molar-refractivity contribution in [2.45, 2.75) is 30.1 Å². The van der Waals surface area contributed by atoms with Gasteiger partial charge in [0.1, 0.15) is 11.8 Å². The SMILES string of the molecule is COC[C@]12C[C@H]1[C@@](C)(c1cc(Cc3ncnc4cc(Cl)cnc34)cnc1F)N=C(N)S2. The number of hydrogen-bond donors (Lipinski definition) is 1. The van der Waals surface area contributed by atoms with Crippen molar-refractivity contribution in [3.8, 4) is 0 Å². The second-order valence-corrected chi connectivity index (χ2v) is 10.0. The number of amidine groups is 1. The van der Waals surface area contributed by atoms with Gasteiger partial charge in [0.2, 0.25) is 5.95 Å². The number of nitrogens with zero attached hydrogens (tertiary/aromatic N) is 5. The molecule has 0 saturated heterocycles. The normalized spacial score (nSPS) is 27.1. The Hall–Kier alpha value is -2.36. The van der Waals surface area contributed by atoms with Gasteiger partial charge >= 0.3 is 0 Å². The first-order valence-electron chi connectivity index (χ1n) is 9.78. The highest BCUT2D eigenvalue weighted by atomic mass is 35.5. The maximum absolute atomic E-state index is 15.0. The molecular weight excluding hydrogens is 439 g/mol. The maximum Gasteiger partial charge on any atom is 0.218 e. The van der Waals surface area contributed by atoms with Gasteiger partial charge in [-0.2, -0.15) is 4.39 Å². The summed E-state index contributed by atoms with van der Waals surface area (Å²) in [5.74, 6) is -0.419. The number of fused-ring (bicyclic) bond motifs is 2. The molecule has 3 aromatic heterocycles. The molecule has 1 fully saturated rings. The standard InChI is InChI=1S/C21H20ClFN6OS/c1-20(16-6-21(16,9-30-2)31-19(24)29-20)13-3-11(7-26-18(13)23)4-14-17-15(28-10-27-14)5-12(22)8-25-17/h3,5,7-8,10,16H,4,6,9H2,1-2H3,(H2,24,29)/t16-,20+,21+/m0/s1. The van der Waals surface area contributed by atoms with Gasteiger partial charge in [0.05, 0.1) is 33.1 Å². The highest BCUT2D eigenvalue weighted by Gasteiger charge is 2.66. The number of hydrogen-bond acceptors (Lipinski definition) is 8. The van der Waals surface area contributed by atoms with Gasteiger partial charge in [-0.1, -0.05) is 23.4 Å². The zero-order chi connectivity index (χ0) is 21.8. The van der Waals surface area contributed by atoms with Crippen molar-refractivity contribution in [2.24, 2.45) is 16.6 Å². The van der Waals surface area contributed by atoms with Crippen molar-refractivity contribution >= 4 is 39.6 Å². The largest absolute Gasteiger partial charge is 0.383 e. The Labute approximate surface area is 187 Å². The number of nitrogens with two attached hydrogens (primary N) is 1. The Kier molecular flexibility index (Phi) is 4.87. The molecule has 0 unspecified atom stereocenters. The van der Waals surface area contributed by atoms with Crippen LogP contribution < -0.4 is 5.73 Å². The van der Waals surface area contributed by atoms with Crippen molar-refractivity contribution in [1.29, 1.82) is 0 Å². The molecule has 3 aromatic rings. The van der Waals surface area contributed by atoms with Crippen LogP contribution in [0.4, 0.5) is 4.39 Å². The van der Waals surface area contributed by atoms with E-state index < -0.39 is 11.5 Å². The van der Waals surface area contributed by atoms with Crippen LogP contribution in [0.15, 0.2) is 35.8 Å². The third-order valence-electron chi connectivity index (χ3n) is 6.07. The van der Waals surface area contributed by atoms with Gasteiger partial charge in [0.25, 0.3) is 0 Å². The van der Waals surface area contributed by atoms with Crippen molar-refractivity contribution < 1.29 is 9.13 Å². The number of halogens is 2. The Morgan fingerprint density at radius 2 is 2.10 bits per heavy atom. The van der Waals surface area contributed by atoms with Gasteiger partial charge in [0.15, 0.2) is 5.17 Å². The van der Waals surface area contributed by atoms with Gasteiger partial charge in [-0.15, -0.1) is 0 Å². The number of ether oxygens (including phenoxy) is 1. The number of rotatable bonds is 5. The second kappa shape index (κ2) is 7.36. The van der Waals surface area contributed by atoms with Gasteiger partial charge in [-0.05, 0) is 31.0 Å². The summed E-state index contributed by atoms with van der Waals surface area (Å²) in [6, 6.07) is 3.55. The number of aromatic nitrogens is 4. The predicted molar refractivity (Wildman–Crippen MR) is 119 cm³/mol. The number of aliphatic imine (C=N–C) groups is 1. The van der Waals surface area contributed by atoms with Gasteiger partial charge in [-0.3, -0.25) is 9.98 Å². The van der Waals surface area contributed by atoms with E-state index in [2.05, 4.69) is 24.9 Å². The van der Waals surface area contributed by atoms with Crippen LogP contribution in [0.5, 0.6) is 0 Å². The van der Waals surface area contributed by atoms with Crippen LogP contribution in [0.3, 0.4) is 0 Å². The molecule has 3 atom stereocenters. The van der Waals surface area contributed by atoms with Crippen molar-refractivity contribution in [2.75, 3.05) is 13.7 Å². The molecule has 2 aliphatic rings. The average Bonchev–Trinajstić information content (AvgIpc) is 3.44. The number of pyridine rings is 2. The number of methoxy groups -OCH3 is 1. The summed E-state index contributed by atoms with van der Waals surface area (Å²) in [7, 11) is 1.67. The predicted octanol–water partition coefficient (Wildman–Crippen LogP) is 3.48. The summed E-state index contributed by atoms with van der Waals surface area (Å²) in [4.78, 5) is 21.7. The van der Waals surface area contributed by atoms with E-state index in [1.54, 1.807) is 19.4 Å². The van der Waals surface area contributed by atoms with E-state index in [0.717, 1.165) is 12.0 Å². The smallest absolute Gasteiger partial charge is 0.218 e. The minimum atomic E-state index is -0.805. The van der Waals surface area contributed by atoms with Crippen LogP contribution in [-0.2, 0) is 16.7 Å². The first-order chi connectivity index (χ1) is 14.8. The molecule has 4 heterocycles. The van der Waals surface area contributed by atoms with Crippen LogP contribution >= 0.6 is 23.4 Å². The lowest BCUT2D eigenvalue weighted by Crippen LogP contribution is -2.38. The van der Waals surface area contributed by atoms with E-state index in [4.69, 9.17) is 22.1 Å². The summed E-state index contributed by atoms with van der Waals surface area (Å²) in [6.45, 7) is 2.47. The molecule has 0 aromatic carbocycles. The molecule has 1 aliphatic heterocycles. The van der Waals surface area contributed by atoms with Gasteiger partial charge in [-0.25, -0.2) is 15.0 Å². The lowest BCUT2D eigenvalue weighted by molar-refractivity contribution is 0.184. The van der Waals surface area contributed by atoms with Crippen LogP contribution in [-0.4, -0.2) is 43.6 Å². The van der Waals surface area contributed by atoms with Crippen LogP contribution in [0.25, 0.3) is 11.0 Å². The van der Waals surface area contributed by atoms with E-state index >= 15 is 0 Å². The molecule has 1 saturated carbocycles. The molecule has 1 aliphatic carbocycles. The summed E-state index contributed by atoms with van der Waals surface area (Å²) in [5, 5.41) is 0.950. The summed E-state index contributed by atoms with van der Waals surface area (Å²) >= 11 is 7.55. The van der Waals surface area contributed by atoms with E-state index in [1.807, 2.05) is 13.0 Å². The highest BCUT2D eigenvalue weighted by molar-refractivity contribution is 8.15. The van der Waals surface area contributed by atoms with Gasteiger partial charge < -0.3 is 10.5 Å². The zero-order valence-corrected chi connectivity index (χ0v) is 18.5. The van der Waals surface area contributed by atoms with Crippen molar-refractivity contribution in [3.05, 3.63) is 58.6 Å². The summed E-state index contributed by atoms with van der Waals surface area (Å²) < 4.78 is 20.2. The zero-order valence-electron chi connectivity index (χ0n) is 17.0. The third-order valence-corrected chi connectivity index (χ3v) is 7.56. The topological polar surface area (TPSA) is 99.2 Å². The minimum absolute atomic E-state index is 0.118. The fourth-order valence-corrected chi connectivity index (χ4v) is 6.17. The molecule has 5 rings (SSSR count). The van der Waals surface area contributed by atoms with Crippen molar-refractivity contribution in [1.82, 2.24) is 19.9 Å². The molecule has 31 heavy (non-hydrogen) atoms. The minimum Gasteiger partial charge on any atom is -0.383 e. The molecule has 160 valence electrons. The number of thioether (sulfide) groups is 1. The Bertz CT molecular complexity index is 1230. The molecule has 0 spiro atoms. The third kappa shape index (κ3) is 3.44.